The van der Waals surface area contributed by atoms with E-state index in [1.54, 1.807) is 0 Å². The number of rotatable bonds is 1. The third-order valence-electron chi connectivity index (χ3n) is 3.00. The SMILES string of the molecule is CC1CCC(=O)C(=Cc2ccc(Cl)cc2)C1. The Labute approximate surface area is 101 Å². The van der Waals surface area contributed by atoms with Gasteiger partial charge >= 0.3 is 0 Å². The number of allylic oxidation sites excluding steroid dienone is 1. The van der Waals surface area contributed by atoms with Gasteiger partial charge in [0.15, 0.2) is 5.78 Å². The van der Waals surface area contributed by atoms with Crippen LogP contribution in [0.5, 0.6) is 0 Å². The summed E-state index contributed by atoms with van der Waals surface area (Å²) in [5.74, 6) is 0.921. The minimum atomic E-state index is 0.299. The van der Waals surface area contributed by atoms with Gasteiger partial charge in [0.05, 0.1) is 0 Å². The summed E-state index contributed by atoms with van der Waals surface area (Å²) >= 11 is 5.82. The van der Waals surface area contributed by atoms with Crippen molar-refractivity contribution < 1.29 is 4.79 Å². The van der Waals surface area contributed by atoms with Crippen molar-refractivity contribution >= 4 is 23.5 Å². The first-order valence-electron chi connectivity index (χ1n) is 5.64. The van der Waals surface area contributed by atoms with Crippen LogP contribution in [0.25, 0.3) is 6.08 Å². The molecule has 1 aliphatic carbocycles. The van der Waals surface area contributed by atoms with Crippen LogP contribution in [0.3, 0.4) is 0 Å². The van der Waals surface area contributed by atoms with E-state index in [4.69, 9.17) is 11.6 Å². The fourth-order valence-corrected chi connectivity index (χ4v) is 2.15. The molecule has 0 radical (unpaired) electrons. The van der Waals surface area contributed by atoms with Crippen molar-refractivity contribution in [3.05, 3.63) is 40.4 Å². The average Bonchev–Trinajstić information content (AvgIpc) is 2.27. The first-order chi connectivity index (χ1) is 7.65. The number of carbonyl (C=O) groups excluding carboxylic acids is 1. The second-order valence-corrected chi connectivity index (χ2v) is 4.93. The number of hydrogen-bond donors (Lipinski definition) is 0. The van der Waals surface area contributed by atoms with Crippen LogP contribution >= 0.6 is 11.6 Å². The molecule has 16 heavy (non-hydrogen) atoms. The molecule has 0 heterocycles. The summed E-state index contributed by atoms with van der Waals surface area (Å²) in [6, 6.07) is 7.60. The molecule has 1 aromatic rings. The van der Waals surface area contributed by atoms with Gasteiger partial charge in [-0.05, 0) is 48.1 Å². The standard InChI is InChI=1S/C14H15ClO/c1-10-2-7-14(16)12(8-10)9-11-3-5-13(15)6-4-11/h3-6,9-10H,2,7-8H2,1H3. The van der Waals surface area contributed by atoms with Gasteiger partial charge in [0.1, 0.15) is 0 Å². The van der Waals surface area contributed by atoms with Crippen molar-refractivity contribution in [3.8, 4) is 0 Å². The topological polar surface area (TPSA) is 17.1 Å². The van der Waals surface area contributed by atoms with E-state index in [0.29, 0.717) is 18.1 Å². The van der Waals surface area contributed by atoms with Crippen LogP contribution in [0, 0.1) is 5.92 Å². The molecule has 1 saturated carbocycles. The molecular weight excluding hydrogens is 220 g/mol. The summed E-state index contributed by atoms with van der Waals surface area (Å²) in [6.07, 6.45) is 4.62. The van der Waals surface area contributed by atoms with E-state index < -0.39 is 0 Å². The quantitative estimate of drug-likeness (QED) is 0.669. The molecule has 0 N–H and O–H groups in total. The van der Waals surface area contributed by atoms with Gasteiger partial charge in [-0.25, -0.2) is 0 Å². The van der Waals surface area contributed by atoms with Crippen molar-refractivity contribution in [3.63, 3.8) is 0 Å². The molecule has 1 aliphatic rings. The molecule has 0 spiro atoms. The Hall–Kier alpha value is -1.08. The Bertz CT molecular complexity index is 417. The van der Waals surface area contributed by atoms with Crippen LogP contribution in [-0.2, 0) is 4.79 Å². The second-order valence-electron chi connectivity index (χ2n) is 4.49. The summed E-state index contributed by atoms with van der Waals surface area (Å²) in [5.41, 5.74) is 2.02. The molecule has 1 aromatic carbocycles. The monoisotopic (exact) mass is 234 g/mol. The largest absolute Gasteiger partial charge is 0.295 e. The average molecular weight is 235 g/mol. The van der Waals surface area contributed by atoms with Crippen molar-refractivity contribution in [2.24, 2.45) is 5.92 Å². The lowest BCUT2D eigenvalue weighted by Gasteiger charge is -2.19. The maximum absolute atomic E-state index is 11.7. The smallest absolute Gasteiger partial charge is 0.158 e. The highest BCUT2D eigenvalue weighted by Gasteiger charge is 2.19. The van der Waals surface area contributed by atoms with E-state index >= 15 is 0 Å². The zero-order valence-corrected chi connectivity index (χ0v) is 10.1. The Morgan fingerprint density at radius 2 is 2.00 bits per heavy atom. The predicted octanol–water partition coefficient (Wildman–Crippen LogP) is 4.11. The Morgan fingerprint density at radius 1 is 1.31 bits per heavy atom. The van der Waals surface area contributed by atoms with Gasteiger partial charge in [-0.1, -0.05) is 30.7 Å². The van der Waals surface area contributed by atoms with E-state index in [-0.39, 0.29) is 0 Å². The number of halogens is 1. The van der Waals surface area contributed by atoms with E-state index in [0.717, 1.165) is 29.0 Å². The highest BCUT2D eigenvalue weighted by molar-refractivity contribution is 6.30. The number of ketones is 1. The lowest BCUT2D eigenvalue weighted by molar-refractivity contribution is -0.116. The number of hydrogen-bond acceptors (Lipinski definition) is 1. The van der Waals surface area contributed by atoms with Gasteiger partial charge in [0.25, 0.3) is 0 Å². The molecule has 2 rings (SSSR count). The second kappa shape index (κ2) is 4.84. The molecule has 0 saturated heterocycles. The normalized spacial score (nSPS) is 23.8. The molecule has 1 fully saturated rings. The number of carbonyl (C=O) groups is 1. The van der Waals surface area contributed by atoms with E-state index in [2.05, 4.69) is 6.92 Å². The van der Waals surface area contributed by atoms with Gasteiger partial charge in [0, 0.05) is 11.4 Å². The van der Waals surface area contributed by atoms with Crippen LogP contribution < -0.4 is 0 Å². The Balaban J connectivity index is 2.22. The highest BCUT2D eigenvalue weighted by atomic mass is 35.5. The minimum absolute atomic E-state index is 0.299. The number of Topliss-reactive ketones (excluding diaryl/α,β-unsaturated/α-hetero) is 1. The molecule has 1 unspecified atom stereocenters. The summed E-state index contributed by atoms with van der Waals surface area (Å²) in [7, 11) is 0. The van der Waals surface area contributed by atoms with Crippen LogP contribution in [-0.4, -0.2) is 5.78 Å². The van der Waals surface area contributed by atoms with Crippen molar-refractivity contribution in [2.45, 2.75) is 26.2 Å². The van der Waals surface area contributed by atoms with Crippen molar-refractivity contribution in [2.75, 3.05) is 0 Å². The minimum Gasteiger partial charge on any atom is -0.295 e. The van der Waals surface area contributed by atoms with Gasteiger partial charge in [-0.2, -0.15) is 0 Å². The van der Waals surface area contributed by atoms with Crippen LogP contribution in [0.15, 0.2) is 29.8 Å². The Kier molecular flexibility index (Phi) is 3.45. The molecule has 0 amide bonds. The van der Waals surface area contributed by atoms with E-state index in [9.17, 15) is 4.79 Å². The van der Waals surface area contributed by atoms with E-state index in [1.165, 1.54) is 0 Å². The molecule has 84 valence electrons. The third kappa shape index (κ3) is 2.73. The van der Waals surface area contributed by atoms with Crippen LogP contribution in [0.4, 0.5) is 0 Å². The fraction of sp³-hybridized carbons (Fsp3) is 0.357. The molecule has 1 nitrogen and oxygen atoms in total. The van der Waals surface area contributed by atoms with Crippen LogP contribution in [0.2, 0.25) is 5.02 Å². The fourth-order valence-electron chi connectivity index (χ4n) is 2.03. The summed E-state index contributed by atoms with van der Waals surface area (Å²) in [6.45, 7) is 2.20. The molecule has 1 atom stereocenters. The first kappa shape index (κ1) is 11.4. The third-order valence-corrected chi connectivity index (χ3v) is 3.25. The molecule has 2 heteroatoms. The lowest BCUT2D eigenvalue weighted by atomic mass is 9.85. The predicted molar refractivity (Wildman–Crippen MR) is 67.5 cm³/mol. The van der Waals surface area contributed by atoms with Gasteiger partial charge in [-0.15, -0.1) is 0 Å². The molecule has 0 aromatic heterocycles. The summed E-state index contributed by atoms with van der Waals surface area (Å²) in [5, 5.41) is 0.727. The zero-order valence-electron chi connectivity index (χ0n) is 9.37. The van der Waals surface area contributed by atoms with Crippen molar-refractivity contribution in [1.82, 2.24) is 0 Å². The maximum Gasteiger partial charge on any atom is 0.158 e. The maximum atomic E-state index is 11.7. The summed E-state index contributed by atoms with van der Waals surface area (Å²) < 4.78 is 0. The first-order valence-corrected chi connectivity index (χ1v) is 6.02. The number of benzene rings is 1. The molecule has 0 bridgehead atoms. The van der Waals surface area contributed by atoms with Gasteiger partial charge < -0.3 is 0 Å². The molecular formula is C14H15ClO. The van der Waals surface area contributed by atoms with Crippen molar-refractivity contribution in [1.29, 1.82) is 0 Å². The lowest BCUT2D eigenvalue weighted by Crippen LogP contribution is -2.14. The van der Waals surface area contributed by atoms with Crippen LogP contribution in [0.1, 0.15) is 31.7 Å². The van der Waals surface area contributed by atoms with Gasteiger partial charge in [-0.3, -0.25) is 4.79 Å². The Morgan fingerprint density at radius 3 is 2.69 bits per heavy atom. The summed E-state index contributed by atoms with van der Waals surface area (Å²) in [4.78, 5) is 11.7. The molecule has 0 aliphatic heterocycles. The van der Waals surface area contributed by atoms with Gasteiger partial charge in [0.2, 0.25) is 0 Å². The zero-order chi connectivity index (χ0) is 11.5. The highest BCUT2D eigenvalue weighted by Crippen LogP contribution is 2.27. The van der Waals surface area contributed by atoms with E-state index in [1.807, 2.05) is 30.3 Å².